The Hall–Kier alpha value is -3.25. The summed E-state index contributed by atoms with van der Waals surface area (Å²) in [6.45, 7) is 5.37. The largest absolute Gasteiger partial charge is 0.340 e. The minimum Gasteiger partial charge on any atom is -0.340 e. The van der Waals surface area contributed by atoms with Crippen LogP contribution in [0.4, 0.5) is 0 Å². The summed E-state index contributed by atoms with van der Waals surface area (Å²) in [7, 11) is 0. The molecule has 1 saturated carbocycles. The third-order valence-electron chi connectivity index (χ3n) is 7.92. The maximum Gasteiger partial charge on any atom is 0.294 e. The number of likely N-dealkylation sites (tertiary alicyclic amines) is 1. The molecule has 2 saturated heterocycles. The molecule has 2 aliphatic heterocycles. The van der Waals surface area contributed by atoms with Gasteiger partial charge in [0.1, 0.15) is 0 Å². The van der Waals surface area contributed by atoms with E-state index in [0.29, 0.717) is 18.7 Å². The van der Waals surface area contributed by atoms with Crippen molar-refractivity contribution in [1.82, 2.24) is 14.7 Å². The molecule has 2 heterocycles. The summed E-state index contributed by atoms with van der Waals surface area (Å²) in [5.41, 5.74) is 1.67. The Labute approximate surface area is 207 Å². The normalized spacial score (nSPS) is 21.9. The van der Waals surface area contributed by atoms with E-state index in [1.165, 1.54) is 5.56 Å². The summed E-state index contributed by atoms with van der Waals surface area (Å²) < 4.78 is 0. The van der Waals surface area contributed by atoms with Crippen molar-refractivity contribution in [2.45, 2.75) is 19.3 Å². The van der Waals surface area contributed by atoms with Crippen molar-refractivity contribution < 1.29 is 14.4 Å². The zero-order valence-corrected chi connectivity index (χ0v) is 20.1. The summed E-state index contributed by atoms with van der Waals surface area (Å²) in [6, 6.07) is 19.0. The number of benzene rings is 2. The van der Waals surface area contributed by atoms with Gasteiger partial charge in [0, 0.05) is 57.3 Å². The summed E-state index contributed by atoms with van der Waals surface area (Å²) in [5.74, 6) is -0.507. The number of rotatable bonds is 6. The van der Waals surface area contributed by atoms with E-state index in [4.69, 9.17) is 0 Å². The molecule has 3 fully saturated rings. The van der Waals surface area contributed by atoms with Crippen molar-refractivity contribution in [2.24, 2.45) is 11.3 Å². The van der Waals surface area contributed by atoms with E-state index in [9.17, 15) is 14.4 Å². The Morgan fingerprint density at radius 2 is 1.43 bits per heavy atom. The minimum atomic E-state index is -0.443. The van der Waals surface area contributed by atoms with Crippen LogP contribution in [0.2, 0.25) is 0 Å². The third-order valence-corrected chi connectivity index (χ3v) is 7.92. The van der Waals surface area contributed by atoms with Crippen molar-refractivity contribution in [3.8, 4) is 0 Å². The molecule has 2 aromatic carbocycles. The Bertz CT molecular complexity index is 1080. The van der Waals surface area contributed by atoms with Crippen molar-refractivity contribution >= 4 is 23.7 Å². The van der Waals surface area contributed by atoms with E-state index >= 15 is 0 Å². The quantitative estimate of drug-likeness (QED) is 0.479. The molecule has 1 spiro atoms. The Morgan fingerprint density at radius 1 is 0.800 bits per heavy atom. The maximum atomic E-state index is 13.2. The molecule has 1 atom stereocenters. The minimum absolute atomic E-state index is 0.0270. The molecule has 6 nitrogen and oxygen atoms in total. The van der Waals surface area contributed by atoms with Crippen LogP contribution < -0.4 is 0 Å². The zero-order chi connectivity index (χ0) is 24.3. The highest BCUT2D eigenvalue weighted by Crippen LogP contribution is 2.60. The molecule has 2 aromatic rings. The first-order chi connectivity index (χ1) is 17.1. The summed E-state index contributed by atoms with van der Waals surface area (Å²) in [5, 5.41) is 0. The molecule has 0 radical (unpaired) electrons. The Kier molecular flexibility index (Phi) is 6.82. The summed E-state index contributed by atoms with van der Waals surface area (Å²) in [4.78, 5) is 44.5. The smallest absolute Gasteiger partial charge is 0.294 e. The van der Waals surface area contributed by atoms with Crippen LogP contribution in [-0.2, 0) is 9.59 Å². The van der Waals surface area contributed by atoms with E-state index in [2.05, 4.69) is 29.2 Å². The summed E-state index contributed by atoms with van der Waals surface area (Å²) in [6.07, 6.45) is 6.87. The highest BCUT2D eigenvalue weighted by Gasteiger charge is 2.59. The summed E-state index contributed by atoms with van der Waals surface area (Å²) >= 11 is 0. The van der Waals surface area contributed by atoms with Crippen LogP contribution in [-0.4, -0.2) is 78.1 Å². The Balaban J connectivity index is 1.06. The molecule has 0 aromatic heterocycles. The molecule has 3 aliphatic rings. The molecule has 35 heavy (non-hydrogen) atoms. The predicted molar refractivity (Wildman–Crippen MR) is 136 cm³/mol. The molecule has 5 rings (SSSR count). The SMILES string of the molecule is O=C(C(=O)N1CCC2(CC1)CC2C(=O)N1CCN(CC=Cc2ccccc2)CC1)c1ccccc1. The number of Topliss-reactive ketones (excluding diaryl/α,β-unsaturated/α-hetero) is 1. The lowest BCUT2D eigenvalue weighted by molar-refractivity contribution is -0.135. The fourth-order valence-electron chi connectivity index (χ4n) is 5.53. The number of hydrogen-bond donors (Lipinski definition) is 0. The van der Waals surface area contributed by atoms with Gasteiger partial charge in [-0.15, -0.1) is 0 Å². The average Bonchev–Trinajstić information content (AvgIpc) is 3.62. The number of carbonyl (C=O) groups excluding carboxylic acids is 3. The molecule has 0 bridgehead atoms. The van der Waals surface area contributed by atoms with Crippen LogP contribution in [0.5, 0.6) is 0 Å². The van der Waals surface area contributed by atoms with Gasteiger partial charge in [-0.1, -0.05) is 72.8 Å². The number of carbonyl (C=O) groups is 3. The molecule has 182 valence electrons. The van der Waals surface area contributed by atoms with Gasteiger partial charge in [0.25, 0.3) is 5.91 Å². The second kappa shape index (κ2) is 10.2. The van der Waals surface area contributed by atoms with E-state index in [1.807, 2.05) is 29.2 Å². The van der Waals surface area contributed by atoms with Gasteiger partial charge in [0.05, 0.1) is 0 Å². The van der Waals surface area contributed by atoms with Crippen LogP contribution in [0.1, 0.15) is 35.2 Å². The topological polar surface area (TPSA) is 60.9 Å². The molecule has 1 unspecified atom stereocenters. The van der Waals surface area contributed by atoms with E-state index < -0.39 is 11.7 Å². The first kappa shape index (κ1) is 23.5. The standard InChI is InChI=1S/C29H33N3O3/c33-26(24-11-5-2-6-12-24)28(35)31-16-13-29(14-17-31)22-25(29)27(34)32-20-18-30(19-21-32)15-7-10-23-8-3-1-4-9-23/h1-12,25H,13-22H2. The van der Waals surface area contributed by atoms with Gasteiger partial charge >= 0.3 is 0 Å². The molecule has 2 amide bonds. The fraction of sp³-hybridized carbons (Fsp3) is 0.414. The zero-order valence-electron chi connectivity index (χ0n) is 20.1. The van der Waals surface area contributed by atoms with Crippen molar-refractivity contribution in [2.75, 3.05) is 45.8 Å². The van der Waals surface area contributed by atoms with Gasteiger partial charge in [0.2, 0.25) is 11.7 Å². The predicted octanol–water partition coefficient (Wildman–Crippen LogP) is 3.36. The highest BCUT2D eigenvalue weighted by atomic mass is 16.2. The van der Waals surface area contributed by atoms with Gasteiger partial charge < -0.3 is 9.80 Å². The molecule has 6 heteroatoms. The number of nitrogens with zero attached hydrogens (tertiary/aromatic N) is 3. The lowest BCUT2D eigenvalue weighted by Crippen LogP contribution is -2.50. The van der Waals surface area contributed by atoms with E-state index in [1.54, 1.807) is 29.2 Å². The number of hydrogen-bond acceptors (Lipinski definition) is 4. The Morgan fingerprint density at radius 3 is 2.09 bits per heavy atom. The van der Waals surface area contributed by atoms with Crippen molar-refractivity contribution in [3.05, 3.63) is 77.9 Å². The number of piperazine rings is 1. The monoisotopic (exact) mass is 471 g/mol. The van der Waals surface area contributed by atoms with Gasteiger partial charge in [-0.2, -0.15) is 0 Å². The molecular formula is C29H33N3O3. The van der Waals surface area contributed by atoms with Gasteiger partial charge in [-0.3, -0.25) is 19.3 Å². The first-order valence-corrected chi connectivity index (χ1v) is 12.7. The third kappa shape index (κ3) is 5.22. The van der Waals surface area contributed by atoms with Gasteiger partial charge in [0.15, 0.2) is 0 Å². The van der Waals surface area contributed by atoms with Crippen molar-refractivity contribution in [1.29, 1.82) is 0 Å². The van der Waals surface area contributed by atoms with Crippen LogP contribution in [0.25, 0.3) is 6.08 Å². The lowest BCUT2D eigenvalue weighted by Gasteiger charge is -2.36. The van der Waals surface area contributed by atoms with Crippen LogP contribution in [0.3, 0.4) is 0 Å². The van der Waals surface area contributed by atoms with Crippen LogP contribution >= 0.6 is 0 Å². The second-order valence-corrected chi connectivity index (χ2v) is 10.0. The first-order valence-electron chi connectivity index (χ1n) is 12.7. The molecule has 0 N–H and O–H groups in total. The molecule has 1 aliphatic carbocycles. The number of amides is 2. The van der Waals surface area contributed by atoms with E-state index in [-0.39, 0.29) is 17.2 Å². The second-order valence-electron chi connectivity index (χ2n) is 10.0. The fourth-order valence-corrected chi connectivity index (χ4v) is 5.53. The van der Waals surface area contributed by atoms with Crippen LogP contribution in [0.15, 0.2) is 66.7 Å². The maximum absolute atomic E-state index is 13.2. The lowest BCUT2D eigenvalue weighted by atomic mass is 9.90. The van der Waals surface area contributed by atoms with Gasteiger partial charge in [-0.25, -0.2) is 0 Å². The van der Waals surface area contributed by atoms with Crippen LogP contribution in [0, 0.1) is 11.3 Å². The number of piperidine rings is 1. The highest BCUT2D eigenvalue weighted by molar-refractivity contribution is 6.42. The average molecular weight is 472 g/mol. The van der Waals surface area contributed by atoms with Crippen molar-refractivity contribution in [3.63, 3.8) is 0 Å². The number of ketones is 1. The van der Waals surface area contributed by atoms with Gasteiger partial charge in [-0.05, 0) is 30.2 Å². The molecular weight excluding hydrogens is 438 g/mol. The van der Waals surface area contributed by atoms with E-state index in [0.717, 1.165) is 52.0 Å².